The maximum absolute atomic E-state index is 11.9. The standard InChI is InChI=1S/2C15H17NO2/c1-3-13-10-15(13,14(17)18-4-2)16-11-12-8-6-5-7-9-12;1-2-16-13(12-8-4-3-5-9-12)10-6-7-11-14(16)15(17)18/h3,5-9,11,13H,1,4,10H2,2H3;3-9,11,13H,2,10H2,1H3,(H,17,18)/t13-,15-;/m0./s1. The van der Waals surface area contributed by atoms with Crippen molar-refractivity contribution in [3.8, 4) is 0 Å². The Bertz CT molecular complexity index is 1120. The van der Waals surface area contributed by atoms with Crippen LogP contribution in [-0.4, -0.2) is 46.9 Å². The number of hydrogen-bond acceptors (Lipinski definition) is 5. The molecule has 1 saturated carbocycles. The minimum atomic E-state index is -0.871. The van der Waals surface area contributed by atoms with Gasteiger partial charge in [-0.1, -0.05) is 78.9 Å². The third-order valence-corrected chi connectivity index (χ3v) is 6.32. The number of esters is 1. The van der Waals surface area contributed by atoms with Crippen molar-refractivity contribution < 1.29 is 19.4 Å². The van der Waals surface area contributed by atoms with E-state index in [1.54, 1.807) is 25.3 Å². The van der Waals surface area contributed by atoms with E-state index in [0.717, 1.165) is 17.5 Å². The maximum Gasteiger partial charge on any atom is 0.352 e. The number of carboxylic acids is 1. The Kier molecular flexibility index (Phi) is 9.39. The first-order chi connectivity index (χ1) is 17.5. The van der Waals surface area contributed by atoms with Crippen LogP contribution < -0.4 is 0 Å². The summed E-state index contributed by atoms with van der Waals surface area (Å²) >= 11 is 0. The number of aliphatic carboxylic acids is 1. The Hall–Kier alpha value is -3.93. The second kappa shape index (κ2) is 12.7. The highest BCUT2D eigenvalue weighted by Crippen LogP contribution is 2.48. The molecule has 36 heavy (non-hydrogen) atoms. The summed E-state index contributed by atoms with van der Waals surface area (Å²) in [6, 6.07) is 19.9. The first kappa shape index (κ1) is 26.7. The van der Waals surface area contributed by atoms with Crippen molar-refractivity contribution >= 4 is 18.2 Å². The highest BCUT2D eigenvalue weighted by molar-refractivity contribution is 5.90. The van der Waals surface area contributed by atoms with Crippen LogP contribution in [0.15, 0.2) is 102 Å². The summed E-state index contributed by atoms with van der Waals surface area (Å²) < 4.78 is 5.09. The van der Waals surface area contributed by atoms with Gasteiger partial charge >= 0.3 is 11.9 Å². The Labute approximate surface area is 213 Å². The Morgan fingerprint density at radius 2 is 1.81 bits per heavy atom. The van der Waals surface area contributed by atoms with E-state index < -0.39 is 11.5 Å². The van der Waals surface area contributed by atoms with Gasteiger partial charge in [0.1, 0.15) is 5.70 Å². The van der Waals surface area contributed by atoms with Gasteiger partial charge in [-0.25, -0.2) is 9.59 Å². The molecule has 1 unspecified atom stereocenters. The first-order valence-corrected chi connectivity index (χ1v) is 12.3. The third kappa shape index (κ3) is 6.39. The van der Waals surface area contributed by atoms with E-state index in [4.69, 9.17) is 4.74 Å². The lowest BCUT2D eigenvalue weighted by atomic mass is 10.0. The Morgan fingerprint density at radius 1 is 1.14 bits per heavy atom. The quantitative estimate of drug-likeness (QED) is 0.299. The lowest BCUT2D eigenvalue weighted by Crippen LogP contribution is -2.31. The molecule has 4 rings (SSSR count). The molecule has 3 atom stereocenters. The van der Waals surface area contributed by atoms with E-state index in [1.807, 2.05) is 84.6 Å². The first-order valence-electron chi connectivity index (χ1n) is 12.3. The van der Waals surface area contributed by atoms with Crippen LogP contribution in [0.5, 0.6) is 0 Å². The van der Waals surface area contributed by atoms with E-state index in [1.165, 1.54) is 0 Å². The minimum Gasteiger partial charge on any atom is -0.477 e. The van der Waals surface area contributed by atoms with Gasteiger partial charge in [0.2, 0.25) is 0 Å². The van der Waals surface area contributed by atoms with Gasteiger partial charge in [0.15, 0.2) is 5.54 Å². The number of nitrogens with zero attached hydrogens (tertiary/aromatic N) is 2. The molecule has 0 amide bonds. The monoisotopic (exact) mass is 486 g/mol. The second-order valence-corrected chi connectivity index (χ2v) is 8.59. The predicted octanol–water partition coefficient (Wildman–Crippen LogP) is 5.59. The van der Waals surface area contributed by atoms with Gasteiger partial charge < -0.3 is 14.7 Å². The molecule has 6 nitrogen and oxygen atoms in total. The Balaban J connectivity index is 0.000000201. The smallest absolute Gasteiger partial charge is 0.352 e. The number of likely N-dealkylation sites (N-methyl/N-ethyl adjacent to an activating group) is 1. The van der Waals surface area contributed by atoms with Crippen LogP contribution in [-0.2, 0) is 14.3 Å². The van der Waals surface area contributed by atoms with Crippen molar-refractivity contribution in [3.63, 3.8) is 0 Å². The molecule has 1 heterocycles. The maximum atomic E-state index is 11.9. The fourth-order valence-corrected chi connectivity index (χ4v) is 4.31. The number of aliphatic imine (C=N–C) groups is 1. The van der Waals surface area contributed by atoms with Gasteiger partial charge in [-0.15, -0.1) is 6.58 Å². The normalized spacial score (nSPS) is 22.6. The largest absolute Gasteiger partial charge is 0.477 e. The molecule has 0 radical (unpaired) electrons. The molecule has 0 aromatic heterocycles. The minimum absolute atomic E-state index is 0.0940. The summed E-state index contributed by atoms with van der Waals surface area (Å²) in [7, 11) is 0. The molecule has 1 fully saturated rings. The number of carbonyl (C=O) groups excluding carboxylic acids is 1. The van der Waals surface area contributed by atoms with Crippen LogP contribution in [0.25, 0.3) is 0 Å². The number of rotatable bonds is 8. The number of ether oxygens (including phenoxy) is 1. The van der Waals surface area contributed by atoms with Gasteiger partial charge in [0.05, 0.1) is 12.6 Å². The van der Waals surface area contributed by atoms with E-state index >= 15 is 0 Å². The van der Waals surface area contributed by atoms with E-state index in [0.29, 0.717) is 25.3 Å². The van der Waals surface area contributed by atoms with Gasteiger partial charge in [-0.3, -0.25) is 4.99 Å². The van der Waals surface area contributed by atoms with Gasteiger partial charge in [0.25, 0.3) is 0 Å². The molecule has 0 bridgehead atoms. The SMILES string of the molecule is C=C[C@H]1C[C@@]1(N=Cc1ccccc1)C(=O)OCC.CCN1C(C(=O)O)=CC=CCC1c1ccccc1. The van der Waals surface area contributed by atoms with Crippen molar-refractivity contribution in [1.29, 1.82) is 0 Å². The second-order valence-electron chi connectivity index (χ2n) is 8.59. The van der Waals surface area contributed by atoms with Crippen molar-refractivity contribution in [2.45, 2.75) is 38.3 Å². The highest BCUT2D eigenvalue weighted by Gasteiger charge is 2.60. The van der Waals surface area contributed by atoms with E-state index in [-0.39, 0.29) is 17.9 Å². The molecule has 0 spiro atoms. The van der Waals surface area contributed by atoms with Crippen LogP contribution in [0.2, 0.25) is 0 Å². The summed E-state index contributed by atoms with van der Waals surface area (Å²) in [6.45, 7) is 8.58. The van der Waals surface area contributed by atoms with Crippen molar-refractivity contribution in [2.24, 2.45) is 10.9 Å². The highest BCUT2D eigenvalue weighted by atomic mass is 16.5. The number of carboxylic acid groups (broad SMARTS) is 1. The van der Waals surface area contributed by atoms with Crippen LogP contribution in [0.4, 0.5) is 0 Å². The van der Waals surface area contributed by atoms with Crippen LogP contribution in [0.1, 0.15) is 43.9 Å². The third-order valence-electron chi connectivity index (χ3n) is 6.32. The molecule has 1 N–H and O–H groups in total. The summed E-state index contributed by atoms with van der Waals surface area (Å²) in [6.07, 6.45) is 10.6. The summed E-state index contributed by atoms with van der Waals surface area (Å²) in [4.78, 5) is 29.6. The topological polar surface area (TPSA) is 79.2 Å². The van der Waals surface area contributed by atoms with Gasteiger partial charge in [0, 0.05) is 18.7 Å². The number of benzene rings is 2. The van der Waals surface area contributed by atoms with Gasteiger partial charge in [-0.05, 0) is 43.9 Å². The predicted molar refractivity (Wildman–Crippen MR) is 143 cm³/mol. The molecule has 2 aromatic carbocycles. The average Bonchev–Trinajstić information content (AvgIpc) is 3.67. The van der Waals surface area contributed by atoms with Crippen LogP contribution in [0, 0.1) is 5.92 Å². The average molecular weight is 487 g/mol. The summed E-state index contributed by atoms with van der Waals surface area (Å²) in [5.74, 6) is -1.03. The summed E-state index contributed by atoms with van der Waals surface area (Å²) in [5, 5.41) is 9.29. The lowest BCUT2D eigenvalue weighted by Gasteiger charge is -2.31. The van der Waals surface area contributed by atoms with Crippen LogP contribution >= 0.6 is 0 Å². The molecule has 2 aromatic rings. The Morgan fingerprint density at radius 3 is 2.36 bits per heavy atom. The zero-order chi connectivity index (χ0) is 26.0. The zero-order valence-electron chi connectivity index (χ0n) is 20.9. The number of allylic oxidation sites excluding steroid dienone is 2. The zero-order valence-corrected chi connectivity index (χ0v) is 20.9. The number of hydrogen-bond donors (Lipinski definition) is 1. The fraction of sp³-hybridized carbons (Fsp3) is 0.300. The summed E-state index contributed by atoms with van der Waals surface area (Å²) in [5.41, 5.74) is 1.77. The molecule has 1 aliphatic heterocycles. The van der Waals surface area contributed by atoms with Crippen molar-refractivity contribution in [3.05, 3.63) is 108 Å². The van der Waals surface area contributed by atoms with E-state index in [9.17, 15) is 14.7 Å². The molecule has 1 aliphatic carbocycles. The van der Waals surface area contributed by atoms with Crippen molar-refractivity contribution in [2.75, 3.05) is 13.2 Å². The fourth-order valence-electron chi connectivity index (χ4n) is 4.31. The molecule has 6 heteroatoms. The molecular formula is C30H34N2O4. The van der Waals surface area contributed by atoms with E-state index in [2.05, 4.69) is 11.6 Å². The number of carbonyl (C=O) groups is 2. The van der Waals surface area contributed by atoms with Gasteiger partial charge in [-0.2, -0.15) is 0 Å². The molecule has 2 aliphatic rings. The van der Waals surface area contributed by atoms with Crippen molar-refractivity contribution in [1.82, 2.24) is 4.90 Å². The molecular weight excluding hydrogens is 452 g/mol. The molecule has 0 saturated heterocycles. The lowest BCUT2D eigenvalue weighted by molar-refractivity contribution is -0.146. The van der Waals surface area contributed by atoms with Crippen LogP contribution in [0.3, 0.4) is 0 Å². The molecule has 188 valence electrons.